The van der Waals surface area contributed by atoms with E-state index >= 15 is 0 Å². The molecular weight excluding hydrogens is 765 g/mol. The van der Waals surface area contributed by atoms with Gasteiger partial charge in [-0.3, -0.25) is 0 Å². The number of benzene rings is 10. The van der Waals surface area contributed by atoms with Crippen molar-refractivity contribution < 1.29 is 4.42 Å². The van der Waals surface area contributed by atoms with Gasteiger partial charge in [0.25, 0.3) is 0 Å². The van der Waals surface area contributed by atoms with Crippen molar-refractivity contribution in [1.82, 2.24) is 4.57 Å². The first-order chi connectivity index (χ1) is 31.2. The summed E-state index contributed by atoms with van der Waals surface area (Å²) < 4.78 is 8.58. The highest BCUT2D eigenvalue weighted by atomic mass is 16.3. The Hall–Kier alpha value is -8.40. The number of hydrogen-bond acceptors (Lipinski definition) is 2. The zero-order chi connectivity index (χ0) is 41.7. The molecule has 0 unspecified atom stereocenters. The molecular formula is C60H40N2O. The highest BCUT2D eigenvalue weighted by Crippen LogP contribution is 2.42. The lowest BCUT2D eigenvalue weighted by atomic mass is 9.98. The summed E-state index contributed by atoms with van der Waals surface area (Å²) in [6, 6.07) is 87.1. The molecule has 0 radical (unpaired) electrons. The van der Waals surface area contributed by atoms with Crippen LogP contribution in [0.3, 0.4) is 0 Å². The third kappa shape index (κ3) is 6.46. The van der Waals surface area contributed by atoms with E-state index in [2.05, 4.69) is 240 Å². The second-order valence-corrected chi connectivity index (χ2v) is 16.1. The summed E-state index contributed by atoms with van der Waals surface area (Å²) in [6.45, 7) is 0. The molecule has 0 spiro atoms. The maximum absolute atomic E-state index is 6.20. The predicted octanol–water partition coefficient (Wildman–Crippen LogP) is 16.8. The third-order valence-corrected chi connectivity index (χ3v) is 12.4. The van der Waals surface area contributed by atoms with Gasteiger partial charge in [0.1, 0.15) is 11.2 Å². The normalized spacial score (nSPS) is 11.5. The highest BCUT2D eigenvalue weighted by molar-refractivity contribution is 6.09. The summed E-state index contributed by atoms with van der Waals surface area (Å²) in [5.74, 6) is 0. The molecule has 10 aromatic carbocycles. The van der Waals surface area contributed by atoms with E-state index in [1.165, 1.54) is 44.1 Å². The van der Waals surface area contributed by atoms with Crippen molar-refractivity contribution in [3.8, 4) is 50.2 Å². The molecule has 0 aliphatic rings. The van der Waals surface area contributed by atoms with Crippen LogP contribution in [-0.2, 0) is 0 Å². The number of nitrogens with zero attached hydrogens (tertiary/aromatic N) is 2. The van der Waals surface area contributed by atoms with E-state index in [1.807, 2.05) is 12.1 Å². The minimum atomic E-state index is 0.908. The molecule has 0 N–H and O–H groups in total. The van der Waals surface area contributed by atoms with Gasteiger partial charge in [0.2, 0.25) is 0 Å². The Morgan fingerprint density at radius 2 is 0.778 bits per heavy atom. The lowest BCUT2D eigenvalue weighted by molar-refractivity contribution is 0.669. The van der Waals surface area contributed by atoms with Crippen molar-refractivity contribution in [1.29, 1.82) is 0 Å². The molecule has 0 aliphatic carbocycles. The quantitative estimate of drug-likeness (QED) is 0.153. The first-order valence-corrected chi connectivity index (χ1v) is 21.5. The molecule has 2 aromatic heterocycles. The van der Waals surface area contributed by atoms with E-state index < -0.39 is 0 Å². The number of anilines is 3. The van der Waals surface area contributed by atoms with Gasteiger partial charge in [0.15, 0.2) is 0 Å². The predicted molar refractivity (Wildman–Crippen MR) is 264 cm³/mol. The molecule has 12 aromatic rings. The lowest BCUT2D eigenvalue weighted by Crippen LogP contribution is -2.11. The Labute approximate surface area is 366 Å². The van der Waals surface area contributed by atoms with Crippen LogP contribution in [0.2, 0.25) is 0 Å². The van der Waals surface area contributed by atoms with Gasteiger partial charge in [-0.05, 0) is 112 Å². The number of furan rings is 1. The van der Waals surface area contributed by atoms with Crippen molar-refractivity contribution >= 4 is 60.8 Å². The molecule has 0 aliphatic heterocycles. The first-order valence-electron chi connectivity index (χ1n) is 21.5. The Bertz CT molecular complexity index is 3550. The van der Waals surface area contributed by atoms with Crippen LogP contribution in [0.15, 0.2) is 247 Å². The van der Waals surface area contributed by atoms with E-state index in [4.69, 9.17) is 4.42 Å². The molecule has 12 rings (SSSR count). The molecule has 0 atom stereocenters. The Morgan fingerprint density at radius 3 is 1.44 bits per heavy atom. The smallest absolute Gasteiger partial charge is 0.136 e. The summed E-state index contributed by atoms with van der Waals surface area (Å²) in [7, 11) is 0. The summed E-state index contributed by atoms with van der Waals surface area (Å²) in [6.07, 6.45) is 0. The molecule has 296 valence electrons. The van der Waals surface area contributed by atoms with E-state index in [0.717, 1.165) is 66.9 Å². The largest absolute Gasteiger partial charge is 0.456 e. The van der Waals surface area contributed by atoms with Gasteiger partial charge in [0.05, 0.1) is 16.7 Å². The van der Waals surface area contributed by atoms with E-state index in [1.54, 1.807) is 0 Å². The fourth-order valence-electron chi connectivity index (χ4n) is 9.35. The average Bonchev–Trinajstić information content (AvgIpc) is 3.91. The molecule has 2 heterocycles. The minimum absolute atomic E-state index is 0.908. The second kappa shape index (κ2) is 15.3. The SMILES string of the molecule is c1ccc(-c2ccccc2N(c2ccc(-c3ccc(-c4ccc5c(c4)oc4ccccc45)cc3)cc2)c2ccc(-c3cccc(-n4c5ccccc5c5ccccc54)c3)cc2)cc1. The Kier molecular flexibility index (Phi) is 8.83. The van der Waals surface area contributed by atoms with Crippen molar-refractivity contribution in [2.45, 2.75) is 0 Å². The molecule has 3 nitrogen and oxygen atoms in total. The summed E-state index contributed by atoms with van der Waals surface area (Å²) in [5.41, 5.74) is 18.0. The number of hydrogen-bond donors (Lipinski definition) is 0. The number of rotatable bonds is 8. The van der Waals surface area contributed by atoms with E-state index in [-0.39, 0.29) is 0 Å². The zero-order valence-electron chi connectivity index (χ0n) is 34.4. The zero-order valence-corrected chi connectivity index (χ0v) is 34.4. The van der Waals surface area contributed by atoms with Crippen LogP contribution in [0.5, 0.6) is 0 Å². The molecule has 0 fully saturated rings. The fourth-order valence-corrected chi connectivity index (χ4v) is 9.35. The van der Waals surface area contributed by atoms with Gasteiger partial charge in [-0.25, -0.2) is 0 Å². The molecule has 0 saturated heterocycles. The number of para-hydroxylation sites is 4. The summed E-state index contributed by atoms with van der Waals surface area (Å²) in [5, 5.41) is 4.81. The molecule has 0 saturated carbocycles. The van der Waals surface area contributed by atoms with Crippen LogP contribution < -0.4 is 4.90 Å². The van der Waals surface area contributed by atoms with Crippen LogP contribution in [0.1, 0.15) is 0 Å². The number of aromatic nitrogens is 1. The molecule has 0 bridgehead atoms. The van der Waals surface area contributed by atoms with E-state index in [0.29, 0.717) is 0 Å². The Morgan fingerprint density at radius 1 is 0.302 bits per heavy atom. The summed E-state index contributed by atoms with van der Waals surface area (Å²) in [4.78, 5) is 2.38. The van der Waals surface area contributed by atoms with Crippen LogP contribution in [0.25, 0.3) is 93.9 Å². The molecule has 3 heteroatoms. The van der Waals surface area contributed by atoms with E-state index in [9.17, 15) is 0 Å². The van der Waals surface area contributed by atoms with Gasteiger partial charge in [0, 0.05) is 44.2 Å². The van der Waals surface area contributed by atoms with Crippen LogP contribution in [0.4, 0.5) is 17.1 Å². The second-order valence-electron chi connectivity index (χ2n) is 16.1. The minimum Gasteiger partial charge on any atom is -0.456 e. The van der Waals surface area contributed by atoms with Gasteiger partial charge in [-0.1, -0.05) is 170 Å². The highest BCUT2D eigenvalue weighted by Gasteiger charge is 2.18. The monoisotopic (exact) mass is 804 g/mol. The lowest BCUT2D eigenvalue weighted by Gasteiger charge is -2.28. The fraction of sp³-hybridized carbons (Fsp3) is 0. The molecule has 0 amide bonds. The average molecular weight is 805 g/mol. The summed E-state index contributed by atoms with van der Waals surface area (Å²) >= 11 is 0. The number of fused-ring (bicyclic) bond motifs is 6. The standard InChI is InChI=1S/C60H40N2O/c1-2-13-45(14-3-1)51-17-4-8-21-56(51)61(48-34-29-42(30-35-48)41-25-27-43(28-26-41)47-33-38-55-54-20-7-11-24-59(54)63-60(55)40-47)49-36-31-44(32-37-49)46-15-12-16-50(39-46)62-57-22-9-5-18-52(57)53-19-6-10-23-58(53)62/h1-40H. The van der Waals surface area contributed by atoms with Crippen LogP contribution in [0, 0.1) is 0 Å². The first kappa shape index (κ1) is 36.5. The van der Waals surface area contributed by atoms with Crippen molar-refractivity contribution in [2.75, 3.05) is 4.90 Å². The Balaban J connectivity index is 0.886. The van der Waals surface area contributed by atoms with Gasteiger partial charge < -0.3 is 13.9 Å². The van der Waals surface area contributed by atoms with Gasteiger partial charge in [-0.15, -0.1) is 0 Å². The molecule has 63 heavy (non-hydrogen) atoms. The van der Waals surface area contributed by atoms with Gasteiger partial charge in [-0.2, -0.15) is 0 Å². The van der Waals surface area contributed by atoms with Crippen molar-refractivity contribution in [3.05, 3.63) is 243 Å². The van der Waals surface area contributed by atoms with Crippen molar-refractivity contribution in [2.24, 2.45) is 0 Å². The van der Waals surface area contributed by atoms with Crippen molar-refractivity contribution in [3.63, 3.8) is 0 Å². The maximum atomic E-state index is 6.20. The van der Waals surface area contributed by atoms with Gasteiger partial charge >= 0.3 is 0 Å². The van der Waals surface area contributed by atoms with Crippen LogP contribution >= 0.6 is 0 Å². The maximum Gasteiger partial charge on any atom is 0.136 e. The topological polar surface area (TPSA) is 21.3 Å². The van der Waals surface area contributed by atoms with Crippen LogP contribution in [-0.4, -0.2) is 4.57 Å². The third-order valence-electron chi connectivity index (χ3n) is 12.4.